The minimum Gasteiger partial charge on any atom is -0.457 e. The number of rotatable bonds is 8. The molecule has 3 atom stereocenters. The highest BCUT2D eigenvalue weighted by molar-refractivity contribution is 8.04. The maximum Gasteiger partial charge on any atom is 0.326 e. The summed E-state index contributed by atoms with van der Waals surface area (Å²) in [6.45, 7) is 3.08. The van der Waals surface area contributed by atoms with Crippen molar-refractivity contribution >= 4 is 35.3 Å². The quantitative estimate of drug-likeness (QED) is 0.291. The number of ether oxygens (including phenoxy) is 1. The second-order valence-electron chi connectivity index (χ2n) is 11.4. The molecule has 6 rings (SSSR count). The molecule has 6 N–H and O–H groups in total. The molecule has 1 saturated carbocycles. The molecule has 0 aromatic heterocycles. The van der Waals surface area contributed by atoms with Crippen LogP contribution in [0.25, 0.3) is 0 Å². The maximum absolute atomic E-state index is 13.7. The Hall–Kier alpha value is -3.80. The standard InChI is InChI=1S/C32H38N6O4S/c1-19-18-23(42-22-6-3-2-4-7-22)13-14-24(19)38-25-15-17-34-31-27(25)28(37-32(38)41)29(43-31)30(40)36-21-11-9-20(10-12-21)35-26(39)8-5-16-33/h2-8,13-14,18,20-21,25,27,31,34H,9-12,15-17,33H2,1H3,(H,35,39)(H,36,40)(H,37,41)/b8-5+. The van der Waals surface area contributed by atoms with Crippen LogP contribution in [0.5, 0.6) is 11.5 Å². The van der Waals surface area contributed by atoms with Crippen molar-refractivity contribution in [2.24, 2.45) is 11.7 Å². The third-order valence-electron chi connectivity index (χ3n) is 8.57. The first-order chi connectivity index (χ1) is 20.9. The fourth-order valence-electron chi connectivity index (χ4n) is 6.55. The van der Waals surface area contributed by atoms with E-state index in [1.807, 2.05) is 60.4 Å². The van der Waals surface area contributed by atoms with E-state index < -0.39 is 0 Å². The van der Waals surface area contributed by atoms with Crippen LogP contribution in [0, 0.1) is 12.8 Å². The Morgan fingerprint density at radius 2 is 1.79 bits per heavy atom. The number of thioether (sulfide) groups is 1. The summed E-state index contributed by atoms with van der Waals surface area (Å²) >= 11 is 1.51. The molecule has 1 aliphatic carbocycles. The fourth-order valence-corrected chi connectivity index (χ4v) is 7.95. The predicted octanol–water partition coefficient (Wildman–Crippen LogP) is 3.64. The molecule has 43 heavy (non-hydrogen) atoms. The topological polar surface area (TPSA) is 138 Å². The van der Waals surface area contributed by atoms with E-state index in [9.17, 15) is 14.4 Å². The number of piperidine rings is 1. The molecule has 10 nitrogen and oxygen atoms in total. The van der Waals surface area contributed by atoms with Crippen LogP contribution < -0.4 is 36.6 Å². The smallest absolute Gasteiger partial charge is 0.326 e. The lowest BCUT2D eigenvalue weighted by Gasteiger charge is -2.46. The predicted molar refractivity (Wildman–Crippen MR) is 168 cm³/mol. The van der Waals surface area contributed by atoms with Crippen molar-refractivity contribution in [2.45, 2.75) is 62.5 Å². The van der Waals surface area contributed by atoms with Crippen LogP contribution in [0.3, 0.4) is 0 Å². The van der Waals surface area contributed by atoms with Crippen molar-refractivity contribution in [3.63, 3.8) is 0 Å². The van der Waals surface area contributed by atoms with E-state index in [1.54, 1.807) is 6.08 Å². The van der Waals surface area contributed by atoms with Crippen LogP contribution in [-0.4, -0.2) is 54.4 Å². The number of urea groups is 1. The van der Waals surface area contributed by atoms with Gasteiger partial charge in [0.2, 0.25) is 5.91 Å². The van der Waals surface area contributed by atoms with E-state index in [2.05, 4.69) is 21.3 Å². The van der Waals surface area contributed by atoms with Crippen molar-refractivity contribution in [2.75, 3.05) is 18.0 Å². The molecule has 2 aromatic carbocycles. The van der Waals surface area contributed by atoms with Crippen molar-refractivity contribution in [3.05, 3.63) is 76.8 Å². The summed E-state index contributed by atoms with van der Waals surface area (Å²) in [6.07, 6.45) is 7.03. The highest BCUT2D eigenvalue weighted by Gasteiger charge is 2.52. The molecular formula is C32H38N6O4S. The lowest BCUT2D eigenvalue weighted by molar-refractivity contribution is -0.119. The van der Waals surface area contributed by atoms with Crippen LogP contribution in [-0.2, 0) is 9.59 Å². The fraction of sp³-hybridized carbons (Fsp3) is 0.406. The molecule has 0 bridgehead atoms. The lowest BCUT2D eigenvalue weighted by atomic mass is 9.86. The number of carbonyl (C=O) groups excluding carboxylic acids is 3. The molecule has 3 aliphatic heterocycles. The zero-order chi connectivity index (χ0) is 29.9. The number of hydrogen-bond donors (Lipinski definition) is 5. The molecule has 0 spiro atoms. The second-order valence-corrected chi connectivity index (χ2v) is 12.6. The molecule has 226 valence electrons. The molecule has 11 heteroatoms. The monoisotopic (exact) mass is 602 g/mol. The first kappa shape index (κ1) is 29.3. The molecular weight excluding hydrogens is 564 g/mol. The van der Waals surface area contributed by atoms with Crippen molar-refractivity contribution in [1.29, 1.82) is 0 Å². The highest BCUT2D eigenvalue weighted by Crippen LogP contribution is 2.48. The SMILES string of the molecule is Cc1cc(Oc2ccccc2)ccc1N1C(=O)NC2=C(C(=O)NC3CCC(NC(=O)/C=C/CN)CC3)SC3NCCC1C23. The van der Waals surface area contributed by atoms with Gasteiger partial charge >= 0.3 is 6.03 Å². The molecule has 3 heterocycles. The lowest BCUT2D eigenvalue weighted by Crippen LogP contribution is -2.62. The minimum atomic E-state index is -0.218. The second kappa shape index (κ2) is 12.8. The average Bonchev–Trinajstić information content (AvgIpc) is 3.38. The number of nitrogens with one attached hydrogen (secondary N) is 4. The minimum absolute atomic E-state index is 0.00566. The summed E-state index contributed by atoms with van der Waals surface area (Å²) in [4.78, 5) is 41.6. The van der Waals surface area contributed by atoms with E-state index >= 15 is 0 Å². The van der Waals surface area contributed by atoms with Gasteiger partial charge in [0.25, 0.3) is 5.91 Å². The van der Waals surface area contributed by atoms with Gasteiger partial charge in [-0.05, 0) is 81.5 Å². The van der Waals surface area contributed by atoms with Gasteiger partial charge in [-0.1, -0.05) is 36.0 Å². The summed E-state index contributed by atoms with van der Waals surface area (Å²) < 4.78 is 6.01. The van der Waals surface area contributed by atoms with Crippen LogP contribution >= 0.6 is 11.8 Å². The zero-order valence-electron chi connectivity index (χ0n) is 24.2. The molecule has 0 radical (unpaired) electrons. The Labute approximate surface area is 255 Å². The number of benzene rings is 2. The third-order valence-corrected chi connectivity index (χ3v) is 9.92. The van der Waals surface area contributed by atoms with E-state index in [0.717, 1.165) is 61.3 Å². The summed E-state index contributed by atoms with van der Waals surface area (Å²) in [7, 11) is 0. The van der Waals surface area contributed by atoms with Gasteiger partial charge in [-0.15, -0.1) is 0 Å². The molecule has 3 fully saturated rings. The summed E-state index contributed by atoms with van der Waals surface area (Å²) in [5.74, 6) is 1.17. The molecule has 2 saturated heterocycles. The van der Waals surface area contributed by atoms with E-state index in [4.69, 9.17) is 10.5 Å². The van der Waals surface area contributed by atoms with Gasteiger partial charge in [0.15, 0.2) is 0 Å². The molecule has 2 aromatic rings. The van der Waals surface area contributed by atoms with Gasteiger partial charge in [0.1, 0.15) is 11.5 Å². The van der Waals surface area contributed by atoms with Crippen LogP contribution in [0.1, 0.15) is 37.7 Å². The molecule has 4 aliphatic rings. The van der Waals surface area contributed by atoms with Crippen LogP contribution in [0.15, 0.2) is 71.3 Å². The zero-order valence-corrected chi connectivity index (χ0v) is 25.0. The average molecular weight is 603 g/mol. The Morgan fingerprint density at radius 1 is 1.05 bits per heavy atom. The highest BCUT2D eigenvalue weighted by atomic mass is 32.2. The van der Waals surface area contributed by atoms with E-state index in [0.29, 0.717) is 17.2 Å². The number of carbonyl (C=O) groups is 3. The first-order valence-electron chi connectivity index (χ1n) is 15.0. The Kier molecular flexibility index (Phi) is 8.73. The van der Waals surface area contributed by atoms with Crippen LogP contribution in [0.2, 0.25) is 0 Å². The maximum atomic E-state index is 13.7. The molecule has 4 amide bonds. The Morgan fingerprint density at radius 3 is 2.51 bits per heavy atom. The number of hydrogen-bond acceptors (Lipinski definition) is 7. The van der Waals surface area contributed by atoms with Crippen molar-refractivity contribution in [1.82, 2.24) is 21.3 Å². The van der Waals surface area contributed by atoms with Gasteiger partial charge in [-0.2, -0.15) is 0 Å². The first-order valence-corrected chi connectivity index (χ1v) is 15.8. The number of nitrogens with zero attached hydrogens (tertiary/aromatic N) is 1. The summed E-state index contributed by atoms with van der Waals surface area (Å²) in [5, 5.41) is 12.9. The summed E-state index contributed by atoms with van der Waals surface area (Å²) in [5.41, 5.74) is 7.93. The third kappa shape index (κ3) is 6.29. The van der Waals surface area contributed by atoms with Gasteiger partial charge < -0.3 is 31.7 Å². The van der Waals surface area contributed by atoms with Crippen molar-refractivity contribution < 1.29 is 19.1 Å². The van der Waals surface area contributed by atoms with Gasteiger partial charge in [-0.3, -0.25) is 14.5 Å². The van der Waals surface area contributed by atoms with E-state index in [1.165, 1.54) is 17.8 Å². The van der Waals surface area contributed by atoms with Crippen LogP contribution in [0.4, 0.5) is 10.5 Å². The van der Waals surface area contributed by atoms with E-state index in [-0.39, 0.29) is 47.3 Å². The van der Waals surface area contributed by atoms with Gasteiger partial charge in [-0.25, -0.2) is 4.79 Å². The van der Waals surface area contributed by atoms with Gasteiger partial charge in [0, 0.05) is 42.0 Å². The largest absolute Gasteiger partial charge is 0.457 e. The number of aryl methyl sites for hydroxylation is 1. The number of para-hydroxylation sites is 1. The molecule has 3 unspecified atom stereocenters. The normalized spacial score (nSPS) is 26.6. The number of nitrogens with two attached hydrogens (primary N) is 1. The Balaban J connectivity index is 1.13. The van der Waals surface area contributed by atoms with Gasteiger partial charge in [0.05, 0.1) is 16.3 Å². The Bertz CT molecular complexity index is 1440. The van der Waals surface area contributed by atoms with Crippen molar-refractivity contribution in [3.8, 4) is 11.5 Å². The summed E-state index contributed by atoms with van der Waals surface area (Å²) in [6, 6.07) is 15.2. The number of amides is 4. The number of anilines is 1.